The second-order valence-electron chi connectivity index (χ2n) is 11.8. The summed E-state index contributed by atoms with van der Waals surface area (Å²) in [5, 5.41) is 12.8. The minimum Gasteiger partial charge on any atom is -0.0616 e. The highest BCUT2D eigenvalue weighted by molar-refractivity contribution is 6.23. The monoisotopic (exact) mass is 556 g/mol. The number of rotatable bonds is 3. The predicted octanol–water partition coefficient (Wildman–Crippen LogP) is 12.5. The van der Waals surface area contributed by atoms with E-state index >= 15 is 0 Å². The molecule has 0 saturated carbocycles. The van der Waals surface area contributed by atoms with Crippen LogP contribution in [0.2, 0.25) is 0 Å². The Morgan fingerprint density at radius 1 is 0.227 bits per heavy atom. The average Bonchev–Trinajstić information content (AvgIpc) is 3.10. The summed E-state index contributed by atoms with van der Waals surface area (Å²) >= 11 is 0. The Labute approximate surface area is 256 Å². The van der Waals surface area contributed by atoms with Crippen molar-refractivity contribution in [1.82, 2.24) is 0 Å². The molecular formula is C44H28. The number of hydrogen-bond donors (Lipinski definition) is 0. The fourth-order valence-electron chi connectivity index (χ4n) is 6.96. The first-order valence-corrected chi connectivity index (χ1v) is 15.3. The van der Waals surface area contributed by atoms with Crippen LogP contribution in [0.1, 0.15) is 0 Å². The Morgan fingerprint density at radius 3 is 1.45 bits per heavy atom. The van der Waals surface area contributed by atoms with Crippen LogP contribution in [-0.4, -0.2) is 0 Å². The Bertz CT molecular complexity index is 2550. The average molecular weight is 557 g/mol. The molecule has 0 fully saturated rings. The summed E-state index contributed by atoms with van der Waals surface area (Å²) in [6, 6.07) is 62.4. The van der Waals surface area contributed by atoms with E-state index in [0.29, 0.717) is 0 Å². The van der Waals surface area contributed by atoms with Crippen LogP contribution >= 0.6 is 0 Å². The molecule has 0 nitrogen and oxygen atoms in total. The van der Waals surface area contributed by atoms with Gasteiger partial charge in [0.05, 0.1) is 0 Å². The van der Waals surface area contributed by atoms with Gasteiger partial charge in [-0.1, -0.05) is 140 Å². The van der Waals surface area contributed by atoms with Crippen LogP contribution in [0, 0.1) is 0 Å². The zero-order chi connectivity index (χ0) is 29.0. The topological polar surface area (TPSA) is 0 Å². The van der Waals surface area contributed by atoms with Crippen LogP contribution in [0.15, 0.2) is 170 Å². The fourth-order valence-corrected chi connectivity index (χ4v) is 6.96. The molecule has 44 heavy (non-hydrogen) atoms. The lowest BCUT2D eigenvalue weighted by molar-refractivity contribution is 1.61. The third-order valence-electron chi connectivity index (χ3n) is 9.18. The van der Waals surface area contributed by atoms with Gasteiger partial charge in [0, 0.05) is 0 Å². The van der Waals surface area contributed by atoms with Gasteiger partial charge in [-0.3, -0.25) is 0 Å². The van der Waals surface area contributed by atoms with Gasteiger partial charge in [-0.2, -0.15) is 0 Å². The summed E-state index contributed by atoms with van der Waals surface area (Å²) in [6.45, 7) is 0. The molecule has 0 N–H and O–H groups in total. The van der Waals surface area contributed by atoms with Gasteiger partial charge >= 0.3 is 0 Å². The van der Waals surface area contributed by atoms with E-state index in [1.54, 1.807) is 0 Å². The molecule has 0 heterocycles. The second kappa shape index (κ2) is 9.93. The van der Waals surface area contributed by atoms with Gasteiger partial charge in [0.2, 0.25) is 0 Å². The van der Waals surface area contributed by atoms with Crippen molar-refractivity contribution in [2.24, 2.45) is 0 Å². The molecule has 0 heteroatoms. The normalized spacial score (nSPS) is 11.6. The van der Waals surface area contributed by atoms with E-state index in [1.165, 1.54) is 87.2 Å². The second-order valence-corrected chi connectivity index (χ2v) is 11.8. The maximum absolute atomic E-state index is 2.37. The largest absolute Gasteiger partial charge is 0.0616 e. The van der Waals surface area contributed by atoms with Crippen molar-refractivity contribution in [3.8, 4) is 33.4 Å². The van der Waals surface area contributed by atoms with Crippen molar-refractivity contribution in [2.75, 3.05) is 0 Å². The molecule has 9 aromatic rings. The first kappa shape index (κ1) is 24.8. The van der Waals surface area contributed by atoms with E-state index in [4.69, 9.17) is 0 Å². The fraction of sp³-hybridized carbons (Fsp3) is 0. The molecule has 0 atom stereocenters. The first-order chi connectivity index (χ1) is 21.8. The third kappa shape index (κ3) is 4.07. The number of hydrogen-bond acceptors (Lipinski definition) is 0. The molecule has 0 radical (unpaired) electrons. The molecule has 0 bridgehead atoms. The van der Waals surface area contributed by atoms with Crippen LogP contribution in [0.25, 0.3) is 87.2 Å². The Hall–Kier alpha value is -5.72. The van der Waals surface area contributed by atoms with E-state index in [0.717, 1.165) is 0 Å². The van der Waals surface area contributed by atoms with Crippen molar-refractivity contribution in [3.63, 3.8) is 0 Å². The molecular weight excluding hydrogens is 528 g/mol. The van der Waals surface area contributed by atoms with Gasteiger partial charge in [0.25, 0.3) is 0 Å². The minimum absolute atomic E-state index is 1.23. The highest BCUT2D eigenvalue weighted by atomic mass is 14.2. The van der Waals surface area contributed by atoms with Crippen LogP contribution in [0.3, 0.4) is 0 Å². The summed E-state index contributed by atoms with van der Waals surface area (Å²) in [7, 11) is 0. The smallest absolute Gasteiger partial charge is 0.00264 e. The van der Waals surface area contributed by atoms with Gasteiger partial charge < -0.3 is 0 Å². The lowest BCUT2D eigenvalue weighted by atomic mass is 9.90. The maximum atomic E-state index is 2.37. The zero-order valence-electron chi connectivity index (χ0n) is 24.2. The van der Waals surface area contributed by atoms with Crippen LogP contribution < -0.4 is 0 Å². The molecule has 0 aliphatic heterocycles. The number of fused-ring (bicyclic) bond motifs is 7. The third-order valence-corrected chi connectivity index (χ3v) is 9.18. The highest BCUT2D eigenvalue weighted by Crippen LogP contribution is 2.39. The molecule has 0 unspecified atom stereocenters. The van der Waals surface area contributed by atoms with Crippen molar-refractivity contribution in [2.45, 2.75) is 0 Å². The summed E-state index contributed by atoms with van der Waals surface area (Å²) in [5.74, 6) is 0. The van der Waals surface area contributed by atoms with Crippen molar-refractivity contribution in [3.05, 3.63) is 170 Å². The van der Waals surface area contributed by atoms with Gasteiger partial charge in [0.15, 0.2) is 0 Å². The van der Waals surface area contributed by atoms with Crippen molar-refractivity contribution < 1.29 is 0 Å². The highest BCUT2D eigenvalue weighted by Gasteiger charge is 2.12. The van der Waals surface area contributed by atoms with Crippen molar-refractivity contribution >= 4 is 53.9 Å². The molecule has 9 rings (SSSR count). The molecule has 9 aromatic carbocycles. The predicted molar refractivity (Wildman–Crippen MR) is 190 cm³/mol. The van der Waals surface area contributed by atoms with Crippen LogP contribution in [0.4, 0.5) is 0 Å². The standard InChI is InChI=1S/C44H28/c1-2-10-31-24-34(18-16-29(31)8-1)32-11-7-12-33(25-32)35-19-20-37-27-38(22-21-36(37)26-35)43-28-39-23-17-30-9-3-4-13-40(30)44(39)42-15-6-5-14-41(42)43/h1-28H. The molecule has 0 aliphatic rings. The number of benzene rings is 9. The van der Waals surface area contributed by atoms with E-state index in [1.807, 2.05) is 0 Å². The Morgan fingerprint density at radius 2 is 0.705 bits per heavy atom. The van der Waals surface area contributed by atoms with Crippen molar-refractivity contribution in [1.29, 1.82) is 0 Å². The minimum atomic E-state index is 1.23. The quantitative estimate of drug-likeness (QED) is 0.190. The molecule has 0 spiro atoms. The summed E-state index contributed by atoms with van der Waals surface area (Å²) in [5.41, 5.74) is 7.46. The van der Waals surface area contributed by atoms with Gasteiger partial charge in [-0.15, -0.1) is 0 Å². The lowest BCUT2D eigenvalue weighted by Gasteiger charge is -2.14. The Kier molecular flexibility index (Phi) is 5.61. The summed E-state index contributed by atoms with van der Waals surface area (Å²) in [4.78, 5) is 0. The van der Waals surface area contributed by atoms with Crippen LogP contribution in [-0.2, 0) is 0 Å². The molecule has 0 saturated heterocycles. The van der Waals surface area contributed by atoms with Crippen LogP contribution in [0.5, 0.6) is 0 Å². The van der Waals surface area contributed by atoms with E-state index in [2.05, 4.69) is 170 Å². The molecule has 204 valence electrons. The molecule has 0 aromatic heterocycles. The van der Waals surface area contributed by atoms with E-state index in [-0.39, 0.29) is 0 Å². The van der Waals surface area contributed by atoms with Gasteiger partial charge in [-0.05, 0) is 118 Å². The first-order valence-electron chi connectivity index (χ1n) is 15.3. The lowest BCUT2D eigenvalue weighted by Crippen LogP contribution is -1.87. The maximum Gasteiger partial charge on any atom is -0.00264 e. The van der Waals surface area contributed by atoms with Gasteiger partial charge in [0.1, 0.15) is 0 Å². The molecule has 0 amide bonds. The Balaban J connectivity index is 1.13. The van der Waals surface area contributed by atoms with E-state index < -0.39 is 0 Å². The summed E-state index contributed by atoms with van der Waals surface area (Å²) in [6.07, 6.45) is 0. The molecule has 0 aliphatic carbocycles. The van der Waals surface area contributed by atoms with E-state index in [9.17, 15) is 0 Å². The summed E-state index contributed by atoms with van der Waals surface area (Å²) < 4.78 is 0. The van der Waals surface area contributed by atoms with Gasteiger partial charge in [-0.25, -0.2) is 0 Å². The SMILES string of the molecule is c1cc(-c2ccc3ccccc3c2)cc(-c2ccc3cc(-c4cc5ccc6ccccc6c5c5ccccc45)ccc3c2)c1. The zero-order valence-corrected chi connectivity index (χ0v) is 24.2.